The summed E-state index contributed by atoms with van der Waals surface area (Å²) in [6.45, 7) is 0.685. The number of nitrogens with one attached hydrogen (secondary N) is 1. The molecule has 0 aromatic heterocycles. The second kappa shape index (κ2) is 4.33. The highest BCUT2D eigenvalue weighted by molar-refractivity contribution is 7.91. The third-order valence-corrected chi connectivity index (χ3v) is 5.27. The first kappa shape index (κ1) is 11.9. The molecule has 0 spiro atoms. The lowest BCUT2D eigenvalue weighted by Crippen LogP contribution is -2.47. The first-order valence-corrected chi connectivity index (χ1v) is 7.54. The first-order valence-electron chi connectivity index (χ1n) is 5.71. The Labute approximate surface area is 96.1 Å². The summed E-state index contributed by atoms with van der Waals surface area (Å²) in [6.07, 6.45) is 2.29. The lowest BCUT2D eigenvalue weighted by atomic mass is 10.1. The van der Waals surface area contributed by atoms with E-state index in [0.717, 1.165) is 12.8 Å². The smallest absolute Gasteiger partial charge is 0.240 e. The molecule has 2 aliphatic heterocycles. The predicted molar refractivity (Wildman–Crippen MR) is 60.9 cm³/mol. The minimum absolute atomic E-state index is 0.0598. The molecule has 2 aliphatic rings. The minimum Gasteiger partial charge on any atom is -0.337 e. The van der Waals surface area contributed by atoms with Crippen LogP contribution in [0.1, 0.15) is 19.3 Å². The zero-order valence-corrected chi connectivity index (χ0v) is 10.3. The maximum atomic E-state index is 11.9. The Morgan fingerprint density at radius 3 is 2.69 bits per heavy atom. The Morgan fingerprint density at radius 2 is 2.12 bits per heavy atom. The molecule has 2 fully saturated rings. The molecular weight excluding hydrogens is 228 g/mol. The fourth-order valence-corrected chi connectivity index (χ4v) is 4.28. The van der Waals surface area contributed by atoms with E-state index in [1.54, 1.807) is 11.9 Å². The Balaban J connectivity index is 2.06. The highest BCUT2D eigenvalue weighted by Gasteiger charge is 2.38. The number of likely N-dealkylation sites (N-methyl/N-ethyl adjacent to an activating group) is 1. The molecule has 2 atom stereocenters. The second-order valence-electron chi connectivity index (χ2n) is 4.57. The van der Waals surface area contributed by atoms with Crippen LogP contribution in [-0.4, -0.2) is 56.4 Å². The van der Waals surface area contributed by atoms with E-state index in [1.165, 1.54) is 0 Å². The number of nitrogens with zero attached hydrogens (tertiary/aromatic N) is 1. The highest BCUT2D eigenvalue weighted by Crippen LogP contribution is 2.22. The van der Waals surface area contributed by atoms with Gasteiger partial charge in [0.2, 0.25) is 5.91 Å². The highest BCUT2D eigenvalue weighted by atomic mass is 32.2. The van der Waals surface area contributed by atoms with Crippen LogP contribution in [0.25, 0.3) is 0 Å². The van der Waals surface area contributed by atoms with Gasteiger partial charge in [-0.15, -0.1) is 0 Å². The molecule has 1 amide bonds. The van der Waals surface area contributed by atoms with Gasteiger partial charge in [-0.3, -0.25) is 4.79 Å². The van der Waals surface area contributed by atoms with Crippen molar-refractivity contribution < 1.29 is 13.2 Å². The topological polar surface area (TPSA) is 66.5 Å². The number of rotatable bonds is 2. The summed E-state index contributed by atoms with van der Waals surface area (Å²) in [4.78, 5) is 13.7. The maximum Gasteiger partial charge on any atom is 0.240 e. The molecule has 16 heavy (non-hydrogen) atoms. The van der Waals surface area contributed by atoms with Gasteiger partial charge in [0, 0.05) is 12.6 Å². The van der Waals surface area contributed by atoms with Gasteiger partial charge in [-0.25, -0.2) is 8.42 Å². The minimum atomic E-state index is -2.93. The number of carbonyl (C=O) groups is 1. The zero-order valence-electron chi connectivity index (χ0n) is 9.48. The van der Waals surface area contributed by atoms with Crippen LogP contribution in [-0.2, 0) is 14.6 Å². The standard InChI is InChI=1S/C10H18N2O3S/c1-11-9-4-5-12(10(9)13)8-3-2-6-16(14,15)7-8/h8-9,11H,2-7H2,1H3. The number of carbonyl (C=O) groups excluding carboxylic acids is 1. The van der Waals surface area contributed by atoms with Gasteiger partial charge < -0.3 is 10.2 Å². The number of amides is 1. The molecule has 0 aromatic rings. The van der Waals surface area contributed by atoms with Gasteiger partial charge in [0.25, 0.3) is 0 Å². The molecule has 0 bridgehead atoms. The maximum absolute atomic E-state index is 11.9. The second-order valence-corrected chi connectivity index (χ2v) is 6.80. The summed E-state index contributed by atoms with van der Waals surface area (Å²) < 4.78 is 23.0. The average Bonchev–Trinajstić information content (AvgIpc) is 2.58. The monoisotopic (exact) mass is 246 g/mol. The van der Waals surface area contributed by atoms with Crippen LogP contribution in [0.3, 0.4) is 0 Å². The lowest BCUT2D eigenvalue weighted by molar-refractivity contribution is -0.131. The van der Waals surface area contributed by atoms with Crippen molar-refractivity contribution in [2.45, 2.75) is 31.3 Å². The summed E-state index contributed by atoms with van der Waals surface area (Å²) >= 11 is 0. The first-order chi connectivity index (χ1) is 7.53. The van der Waals surface area contributed by atoms with Crippen LogP contribution in [0.2, 0.25) is 0 Å². The largest absolute Gasteiger partial charge is 0.337 e. The van der Waals surface area contributed by atoms with Crippen molar-refractivity contribution in [2.24, 2.45) is 0 Å². The fourth-order valence-electron chi connectivity index (χ4n) is 2.58. The number of likely N-dealkylation sites (tertiary alicyclic amines) is 1. The molecule has 0 saturated carbocycles. The Kier molecular flexibility index (Phi) is 3.21. The molecule has 0 aromatic carbocycles. The summed E-state index contributed by atoms with van der Waals surface area (Å²) in [5, 5.41) is 2.96. The van der Waals surface area contributed by atoms with E-state index in [-0.39, 0.29) is 29.5 Å². The van der Waals surface area contributed by atoms with Crippen molar-refractivity contribution in [2.75, 3.05) is 25.1 Å². The van der Waals surface area contributed by atoms with Gasteiger partial charge in [-0.1, -0.05) is 0 Å². The van der Waals surface area contributed by atoms with Crippen LogP contribution in [0.5, 0.6) is 0 Å². The Bertz CT molecular complexity index is 380. The number of hydrogen-bond acceptors (Lipinski definition) is 4. The molecule has 0 radical (unpaired) electrons. The van der Waals surface area contributed by atoms with Crippen molar-refractivity contribution in [1.29, 1.82) is 0 Å². The normalized spacial score (nSPS) is 34.3. The molecule has 2 heterocycles. The van der Waals surface area contributed by atoms with Crippen LogP contribution in [0.4, 0.5) is 0 Å². The van der Waals surface area contributed by atoms with Crippen LogP contribution in [0.15, 0.2) is 0 Å². The molecule has 1 N–H and O–H groups in total. The van der Waals surface area contributed by atoms with Crippen molar-refractivity contribution in [3.63, 3.8) is 0 Å². The SMILES string of the molecule is CNC1CCN(C2CCCS(=O)(=O)C2)C1=O. The van der Waals surface area contributed by atoms with E-state index >= 15 is 0 Å². The van der Waals surface area contributed by atoms with Crippen LogP contribution >= 0.6 is 0 Å². The van der Waals surface area contributed by atoms with Crippen molar-refractivity contribution in [3.8, 4) is 0 Å². The van der Waals surface area contributed by atoms with Crippen molar-refractivity contribution >= 4 is 15.7 Å². The molecule has 2 saturated heterocycles. The fraction of sp³-hybridized carbons (Fsp3) is 0.900. The van der Waals surface area contributed by atoms with Crippen LogP contribution in [0, 0.1) is 0 Å². The molecular formula is C10H18N2O3S. The summed E-state index contributed by atoms with van der Waals surface area (Å²) in [6, 6.07) is -0.214. The van der Waals surface area contributed by atoms with Crippen molar-refractivity contribution in [1.82, 2.24) is 10.2 Å². The molecule has 0 aliphatic carbocycles. The van der Waals surface area contributed by atoms with E-state index in [0.29, 0.717) is 13.0 Å². The van der Waals surface area contributed by atoms with Gasteiger partial charge in [-0.2, -0.15) is 0 Å². The predicted octanol–water partition coefficient (Wildman–Crippen LogP) is -0.616. The molecule has 2 rings (SSSR count). The van der Waals surface area contributed by atoms with Gasteiger partial charge in [-0.05, 0) is 26.3 Å². The van der Waals surface area contributed by atoms with Gasteiger partial charge in [0.05, 0.1) is 17.5 Å². The zero-order chi connectivity index (χ0) is 11.8. The lowest BCUT2D eigenvalue weighted by Gasteiger charge is -2.31. The van der Waals surface area contributed by atoms with E-state index in [4.69, 9.17) is 0 Å². The van der Waals surface area contributed by atoms with Gasteiger partial charge >= 0.3 is 0 Å². The van der Waals surface area contributed by atoms with E-state index in [9.17, 15) is 13.2 Å². The van der Waals surface area contributed by atoms with Gasteiger partial charge in [0.1, 0.15) is 0 Å². The Hall–Kier alpha value is -0.620. The summed E-state index contributed by atoms with van der Waals surface area (Å²) in [5.74, 6) is 0.487. The molecule has 92 valence electrons. The van der Waals surface area contributed by atoms with Crippen molar-refractivity contribution in [3.05, 3.63) is 0 Å². The van der Waals surface area contributed by atoms with Crippen LogP contribution < -0.4 is 5.32 Å². The number of hydrogen-bond donors (Lipinski definition) is 1. The molecule has 5 nitrogen and oxygen atoms in total. The number of sulfone groups is 1. The molecule has 2 unspecified atom stereocenters. The van der Waals surface area contributed by atoms with E-state index in [1.807, 2.05) is 0 Å². The Morgan fingerprint density at radius 1 is 1.38 bits per heavy atom. The van der Waals surface area contributed by atoms with E-state index < -0.39 is 9.84 Å². The average molecular weight is 246 g/mol. The summed E-state index contributed by atoms with van der Waals surface area (Å²) in [7, 11) is -1.16. The quantitative estimate of drug-likeness (QED) is 0.705. The third kappa shape index (κ3) is 2.22. The van der Waals surface area contributed by atoms with Gasteiger partial charge in [0.15, 0.2) is 9.84 Å². The molecule has 6 heteroatoms. The summed E-state index contributed by atoms with van der Waals surface area (Å²) in [5.41, 5.74) is 0. The van der Waals surface area contributed by atoms with E-state index in [2.05, 4.69) is 5.32 Å². The third-order valence-electron chi connectivity index (χ3n) is 3.47.